The number of aryl methyl sites for hydroxylation is 1. The SMILES string of the molecule is Cc1cc(S(=O)(=O)N2CCC3(CC2)CN(C)C(=O)O3)sc1Cl. The molecule has 1 aromatic rings. The Hall–Kier alpha value is -0.830. The van der Waals surface area contributed by atoms with E-state index in [0.29, 0.717) is 36.8 Å². The number of hydrogen-bond acceptors (Lipinski definition) is 5. The van der Waals surface area contributed by atoms with Gasteiger partial charge in [0.25, 0.3) is 10.0 Å². The lowest BCUT2D eigenvalue weighted by Gasteiger charge is -2.36. The molecule has 0 saturated carbocycles. The molecule has 0 N–H and O–H groups in total. The third-order valence-electron chi connectivity index (χ3n) is 4.20. The second-order valence-electron chi connectivity index (χ2n) is 5.83. The highest BCUT2D eigenvalue weighted by molar-refractivity contribution is 7.91. The van der Waals surface area contributed by atoms with Gasteiger partial charge in [-0.05, 0) is 18.6 Å². The predicted octanol–water partition coefficient (Wildman–Crippen LogP) is 2.32. The van der Waals surface area contributed by atoms with Crippen LogP contribution in [-0.4, -0.2) is 56.0 Å². The van der Waals surface area contributed by atoms with Crippen LogP contribution in [0, 0.1) is 6.92 Å². The van der Waals surface area contributed by atoms with Crippen LogP contribution in [0.5, 0.6) is 0 Å². The smallest absolute Gasteiger partial charge is 0.410 e. The maximum atomic E-state index is 12.6. The van der Waals surface area contributed by atoms with E-state index in [9.17, 15) is 13.2 Å². The van der Waals surface area contributed by atoms with Gasteiger partial charge >= 0.3 is 6.09 Å². The van der Waals surface area contributed by atoms with Gasteiger partial charge in [0.1, 0.15) is 9.81 Å². The molecule has 22 heavy (non-hydrogen) atoms. The van der Waals surface area contributed by atoms with Crippen molar-refractivity contribution in [2.24, 2.45) is 0 Å². The van der Waals surface area contributed by atoms with E-state index in [1.807, 2.05) is 0 Å². The van der Waals surface area contributed by atoms with E-state index >= 15 is 0 Å². The monoisotopic (exact) mass is 364 g/mol. The van der Waals surface area contributed by atoms with Crippen molar-refractivity contribution in [1.82, 2.24) is 9.21 Å². The molecule has 0 unspecified atom stereocenters. The summed E-state index contributed by atoms with van der Waals surface area (Å²) in [5.74, 6) is 0. The van der Waals surface area contributed by atoms with Gasteiger partial charge in [-0.3, -0.25) is 0 Å². The van der Waals surface area contributed by atoms with Gasteiger partial charge in [0.2, 0.25) is 0 Å². The molecular weight excluding hydrogens is 348 g/mol. The molecular formula is C13H17ClN2O4S2. The molecule has 2 fully saturated rings. The third kappa shape index (κ3) is 2.62. The Balaban J connectivity index is 1.75. The number of carbonyl (C=O) groups excluding carboxylic acids is 1. The van der Waals surface area contributed by atoms with Crippen molar-refractivity contribution >= 4 is 39.1 Å². The minimum absolute atomic E-state index is 0.270. The normalized spacial score (nSPS) is 22.3. The molecule has 122 valence electrons. The predicted molar refractivity (Wildman–Crippen MR) is 83.9 cm³/mol. The molecule has 2 aliphatic heterocycles. The molecule has 0 radical (unpaired) electrons. The molecule has 3 rings (SSSR count). The van der Waals surface area contributed by atoms with E-state index in [1.54, 1.807) is 20.0 Å². The molecule has 9 heteroatoms. The molecule has 2 aliphatic rings. The first-order chi connectivity index (χ1) is 10.2. The van der Waals surface area contributed by atoms with Crippen LogP contribution in [0.4, 0.5) is 4.79 Å². The number of nitrogens with zero attached hydrogens (tertiary/aromatic N) is 2. The van der Waals surface area contributed by atoms with E-state index in [2.05, 4.69) is 0 Å². The van der Waals surface area contributed by atoms with E-state index in [-0.39, 0.29) is 10.3 Å². The Bertz CT molecular complexity index is 688. The highest BCUT2D eigenvalue weighted by Crippen LogP contribution is 2.37. The highest BCUT2D eigenvalue weighted by Gasteiger charge is 2.47. The standard InChI is InChI=1S/C13H17ClN2O4S2/c1-9-7-10(21-11(9)14)22(18,19)16-5-3-13(4-6-16)8-15(2)12(17)20-13/h7H,3-6,8H2,1-2H3. The number of likely N-dealkylation sites (N-methyl/N-ethyl adjacent to an activating group) is 1. The van der Waals surface area contributed by atoms with Crippen LogP contribution in [0.3, 0.4) is 0 Å². The maximum Gasteiger partial charge on any atom is 0.410 e. The molecule has 6 nitrogen and oxygen atoms in total. The highest BCUT2D eigenvalue weighted by atomic mass is 35.5. The molecule has 0 bridgehead atoms. The van der Waals surface area contributed by atoms with Crippen LogP contribution in [0.1, 0.15) is 18.4 Å². The summed E-state index contributed by atoms with van der Waals surface area (Å²) in [4.78, 5) is 13.1. The number of hydrogen-bond donors (Lipinski definition) is 0. The third-order valence-corrected chi connectivity index (χ3v) is 8.11. The maximum absolute atomic E-state index is 12.6. The summed E-state index contributed by atoms with van der Waals surface area (Å²) in [6.45, 7) is 3.00. The van der Waals surface area contributed by atoms with Crippen molar-refractivity contribution in [3.8, 4) is 0 Å². The summed E-state index contributed by atoms with van der Waals surface area (Å²) in [6, 6.07) is 1.61. The number of rotatable bonds is 2. The topological polar surface area (TPSA) is 66.9 Å². The van der Waals surface area contributed by atoms with Gasteiger partial charge in [0.15, 0.2) is 0 Å². The van der Waals surface area contributed by atoms with Gasteiger partial charge in [-0.25, -0.2) is 13.2 Å². The van der Waals surface area contributed by atoms with Gasteiger partial charge < -0.3 is 9.64 Å². The van der Waals surface area contributed by atoms with E-state index < -0.39 is 15.6 Å². The lowest BCUT2D eigenvalue weighted by Crippen LogP contribution is -2.48. The van der Waals surface area contributed by atoms with Gasteiger partial charge in [0, 0.05) is 33.0 Å². The number of carbonyl (C=O) groups is 1. The van der Waals surface area contributed by atoms with Crippen LogP contribution in [-0.2, 0) is 14.8 Å². The summed E-state index contributed by atoms with van der Waals surface area (Å²) >= 11 is 7.06. The fraction of sp³-hybridized carbons (Fsp3) is 0.615. The first-order valence-electron chi connectivity index (χ1n) is 6.94. The first kappa shape index (κ1) is 16.0. The number of thiophene rings is 1. The van der Waals surface area contributed by atoms with Crippen LogP contribution in [0.25, 0.3) is 0 Å². The lowest BCUT2D eigenvalue weighted by atomic mass is 9.92. The zero-order valence-corrected chi connectivity index (χ0v) is 14.7. The number of halogens is 1. The Kier molecular flexibility index (Phi) is 3.91. The van der Waals surface area contributed by atoms with Crippen molar-refractivity contribution in [2.75, 3.05) is 26.7 Å². The summed E-state index contributed by atoms with van der Waals surface area (Å²) in [6.07, 6.45) is 0.692. The lowest BCUT2D eigenvalue weighted by molar-refractivity contribution is 0.0172. The number of amides is 1. The molecule has 2 saturated heterocycles. The van der Waals surface area contributed by atoms with Gasteiger partial charge in [-0.1, -0.05) is 11.6 Å². The van der Waals surface area contributed by atoms with Gasteiger partial charge in [0.05, 0.1) is 10.9 Å². The second-order valence-corrected chi connectivity index (χ2v) is 9.65. The molecule has 1 aromatic heterocycles. The van der Waals surface area contributed by atoms with Gasteiger partial charge in [-0.2, -0.15) is 4.31 Å². The van der Waals surface area contributed by atoms with Crippen molar-refractivity contribution in [1.29, 1.82) is 0 Å². The fourth-order valence-electron chi connectivity index (χ4n) is 2.87. The minimum atomic E-state index is -3.52. The van der Waals surface area contributed by atoms with E-state index in [4.69, 9.17) is 16.3 Å². The van der Waals surface area contributed by atoms with Crippen LogP contribution >= 0.6 is 22.9 Å². The first-order valence-corrected chi connectivity index (χ1v) is 9.57. The largest absolute Gasteiger partial charge is 0.441 e. The second kappa shape index (κ2) is 5.36. The summed E-state index contributed by atoms with van der Waals surface area (Å²) in [5.41, 5.74) is 0.228. The summed E-state index contributed by atoms with van der Waals surface area (Å²) in [5, 5.41) is 0. The zero-order chi connectivity index (χ0) is 16.1. The number of sulfonamides is 1. The van der Waals surface area contributed by atoms with Crippen molar-refractivity contribution in [3.05, 3.63) is 16.0 Å². The molecule has 1 spiro atoms. The Morgan fingerprint density at radius 3 is 2.45 bits per heavy atom. The average Bonchev–Trinajstić information content (AvgIpc) is 2.92. The molecule has 1 amide bonds. The minimum Gasteiger partial charge on any atom is -0.441 e. The molecule has 3 heterocycles. The summed E-state index contributed by atoms with van der Waals surface area (Å²) < 4.78 is 32.9. The van der Waals surface area contributed by atoms with Crippen LogP contribution in [0.2, 0.25) is 4.34 Å². The van der Waals surface area contributed by atoms with E-state index in [1.165, 1.54) is 9.21 Å². The number of ether oxygens (including phenoxy) is 1. The van der Waals surface area contributed by atoms with Crippen molar-refractivity contribution in [2.45, 2.75) is 29.6 Å². The van der Waals surface area contributed by atoms with Gasteiger partial charge in [-0.15, -0.1) is 11.3 Å². The molecule has 0 aromatic carbocycles. The zero-order valence-electron chi connectivity index (χ0n) is 12.3. The van der Waals surface area contributed by atoms with Crippen molar-refractivity contribution < 1.29 is 17.9 Å². The fourth-order valence-corrected chi connectivity index (χ4v) is 6.18. The quantitative estimate of drug-likeness (QED) is 0.807. The van der Waals surface area contributed by atoms with Crippen LogP contribution < -0.4 is 0 Å². The van der Waals surface area contributed by atoms with Crippen LogP contribution in [0.15, 0.2) is 10.3 Å². The average molecular weight is 365 g/mol. The van der Waals surface area contributed by atoms with Crippen molar-refractivity contribution in [3.63, 3.8) is 0 Å². The Morgan fingerprint density at radius 1 is 1.36 bits per heavy atom. The molecule has 0 atom stereocenters. The Morgan fingerprint density at radius 2 is 2.00 bits per heavy atom. The number of piperidine rings is 1. The summed E-state index contributed by atoms with van der Waals surface area (Å²) in [7, 11) is -1.83. The Labute approximate surface area is 138 Å². The molecule has 0 aliphatic carbocycles. The van der Waals surface area contributed by atoms with E-state index in [0.717, 1.165) is 16.9 Å².